The first kappa shape index (κ1) is 11.5. The zero-order valence-corrected chi connectivity index (χ0v) is 9.88. The van der Waals surface area contributed by atoms with E-state index >= 15 is 0 Å². The van der Waals surface area contributed by atoms with E-state index in [-0.39, 0.29) is 11.3 Å². The normalized spacial score (nSPS) is 10.6. The Morgan fingerprint density at radius 3 is 2.58 bits per heavy atom. The SMILES string of the molecule is O=C(c1ccncc1F)c1cccc2ccncc12. The Balaban J connectivity index is 2.20. The summed E-state index contributed by atoms with van der Waals surface area (Å²) in [7, 11) is 0. The van der Waals surface area contributed by atoms with Gasteiger partial charge < -0.3 is 0 Å². The number of benzene rings is 1. The Labute approximate surface area is 108 Å². The molecule has 19 heavy (non-hydrogen) atoms. The number of hydrogen-bond acceptors (Lipinski definition) is 3. The van der Waals surface area contributed by atoms with Gasteiger partial charge in [0.05, 0.1) is 11.8 Å². The molecule has 0 saturated carbocycles. The van der Waals surface area contributed by atoms with Crippen molar-refractivity contribution in [3.05, 3.63) is 72.1 Å². The van der Waals surface area contributed by atoms with Gasteiger partial charge in [0.2, 0.25) is 0 Å². The molecule has 0 N–H and O–H groups in total. The lowest BCUT2D eigenvalue weighted by molar-refractivity contribution is 0.103. The highest BCUT2D eigenvalue weighted by Gasteiger charge is 2.16. The highest BCUT2D eigenvalue weighted by Crippen LogP contribution is 2.21. The van der Waals surface area contributed by atoms with Gasteiger partial charge in [-0.15, -0.1) is 0 Å². The second kappa shape index (κ2) is 4.57. The Morgan fingerprint density at radius 1 is 0.947 bits per heavy atom. The Kier molecular flexibility index (Phi) is 2.76. The first-order valence-corrected chi connectivity index (χ1v) is 5.74. The highest BCUT2D eigenvalue weighted by atomic mass is 19.1. The molecule has 0 aliphatic carbocycles. The number of pyridine rings is 2. The molecule has 0 radical (unpaired) electrons. The molecule has 0 aliphatic rings. The minimum atomic E-state index is -0.617. The fraction of sp³-hybridized carbons (Fsp3) is 0. The quantitative estimate of drug-likeness (QED) is 0.658. The van der Waals surface area contributed by atoms with Gasteiger partial charge in [0, 0.05) is 29.5 Å². The van der Waals surface area contributed by atoms with Crippen molar-refractivity contribution in [3.63, 3.8) is 0 Å². The smallest absolute Gasteiger partial charge is 0.196 e. The largest absolute Gasteiger partial charge is 0.288 e. The second-order valence-corrected chi connectivity index (χ2v) is 4.09. The van der Waals surface area contributed by atoms with Crippen LogP contribution in [-0.4, -0.2) is 15.8 Å². The van der Waals surface area contributed by atoms with E-state index in [1.807, 2.05) is 12.1 Å². The minimum Gasteiger partial charge on any atom is -0.288 e. The van der Waals surface area contributed by atoms with Crippen LogP contribution in [-0.2, 0) is 0 Å². The third kappa shape index (κ3) is 1.97. The lowest BCUT2D eigenvalue weighted by Gasteiger charge is -2.05. The first-order chi connectivity index (χ1) is 9.27. The first-order valence-electron chi connectivity index (χ1n) is 5.74. The third-order valence-electron chi connectivity index (χ3n) is 2.95. The lowest BCUT2D eigenvalue weighted by atomic mass is 9.99. The molecule has 0 aliphatic heterocycles. The van der Waals surface area contributed by atoms with Crippen LogP contribution in [0.15, 0.2) is 55.1 Å². The number of ketones is 1. The molecular formula is C15H9FN2O. The summed E-state index contributed by atoms with van der Waals surface area (Å²) >= 11 is 0. The second-order valence-electron chi connectivity index (χ2n) is 4.09. The lowest BCUT2D eigenvalue weighted by Crippen LogP contribution is -2.05. The number of carbonyl (C=O) groups is 1. The summed E-state index contributed by atoms with van der Waals surface area (Å²) in [5.74, 6) is -0.980. The number of aromatic nitrogens is 2. The monoisotopic (exact) mass is 252 g/mol. The van der Waals surface area contributed by atoms with Gasteiger partial charge in [0.1, 0.15) is 0 Å². The van der Waals surface area contributed by atoms with Crippen LogP contribution in [0, 0.1) is 5.82 Å². The van der Waals surface area contributed by atoms with E-state index in [1.54, 1.807) is 24.5 Å². The third-order valence-corrected chi connectivity index (χ3v) is 2.95. The molecule has 3 aromatic rings. The van der Waals surface area contributed by atoms with E-state index < -0.39 is 5.82 Å². The number of halogens is 1. The van der Waals surface area contributed by atoms with Crippen molar-refractivity contribution in [2.24, 2.45) is 0 Å². The summed E-state index contributed by atoms with van der Waals surface area (Å²) in [6, 6.07) is 8.53. The van der Waals surface area contributed by atoms with Crippen LogP contribution >= 0.6 is 0 Å². The molecule has 0 atom stereocenters. The molecule has 0 saturated heterocycles. The Bertz CT molecular complexity index is 765. The van der Waals surface area contributed by atoms with Gasteiger partial charge in [0.15, 0.2) is 11.6 Å². The van der Waals surface area contributed by atoms with Crippen molar-refractivity contribution in [2.75, 3.05) is 0 Å². The summed E-state index contributed by atoms with van der Waals surface area (Å²) in [6.45, 7) is 0. The van der Waals surface area contributed by atoms with Gasteiger partial charge in [-0.05, 0) is 17.5 Å². The molecular weight excluding hydrogens is 243 g/mol. The van der Waals surface area contributed by atoms with Crippen LogP contribution in [0.2, 0.25) is 0 Å². The van der Waals surface area contributed by atoms with E-state index in [9.17, 15) is 9.18 Å². The molecule has 92 valence electrons. The van der Waals surface area contributed by atoms with E-state index in [4.69, 9.17) is 0 Å². The van der Waals surface area contributed by atoms with Crippen molar-refractivity contribution in [1.82, 2.24) is 9.97 Å². The zero-order valence-electron chi connectivity index (χ0n) is 9.88. The standard InChI is InChI=1S/C15H9FN2O/c16-14-9-18-7-5-12(14)15(19)11-3-1-2-10-4-6-17-8-13(10)11/h1-9H. The van der Waals surface area contributed by atoms with Gasteiger partial charge >= 0.3 is 0 Å². The summed E-state index contributed by atoms with van der Waals surface area (Å²) < 4.78 is 13.6. The predicted octanol–water partition coefficient (Wildman–Crippen LogP) is 3.00. The van der Waals surface area contributed by atoms with E-state index in [1.165, 1.54) is 12.3 Å². The molecule has 3 nitrogen and oxygen atoms in total. The van der Waals surface area contributed by atoms with Gasteiger partial charge in [0.25, 0.3) is 0 Å². The molecule has 3 rings (SSSR count). The van der Waals surface area contributed by atoms with Crippen LogP contribution in [0.25, 0.3) is 10.8 Å². The number of fused-ring (bicyclic) bond motifs is 1. The van der Waals surface area contributed by atoms with Crippen LogP contribution < -0.4 is 0 Å². The van der Waals surface area contributed by atoms with Crippen molar-refractivity contribution >= 4 is 16.6 Å². The fourth-order valence-corrected chi connectivity index (χ4v) is 2.02. The van der Waals surface area contributed by atoms with E-state index in [0.717, 1.165) is 11.6 Å². The molecule has 1 aromatic carbocycles. The van der Waals surface area contributed by atoms with Crippen molar-refractivity contribution in [2.45, 2.75) is 0 Å². The number of hydrogen-bond donors (Lipinski definition) is 0. The van der Waals surface area contributed by atoms with Crippen LogP contribution in [0.5, 0.6) is 0 Å². The Morgan fingerprint density at radius 2 is 1.74 bits per heavy atom. The van der Waals surface area contributed by atoms with Crippen molar-refractivity contribution < 1.29 is 9.18 Å². The molecule has 0 fully saturated rings. The van der Waals surface area contributed by atoms with Crippen LogP contribution in [0.4, 0.5) is 4.39 Å². The average Bonchev–Trinajstić information content (AvgIpc) is 2.46. The minimum absolute atomic E-state index is 0.0198. The number of nitrogens with zero attached hydrogens (tertiary/aromatic N) is 2. The van der Waals surface area contributed by atoms with E-state index in [0.29, 0.717) is 10.9 Å². The van der Waals surface area contributed by atoms with E-state index in [2.05, 4.69) is 9.97 Å². The van der Waals surface area contributed by atoms with Crippen LogP contribution in [0.3, 0.4) is 0 Å². The summed E-state index contributed by atoms with van der Waals surface area (Å²) in [5.41, 5.74) is 0.460. The maximum Gasteiger partial charge on any atom is 0.196 e. The molecule has 0 bridgehead atoms. The molecule has 4 heteroatoms. The topological polar surface area (TPSA) is 42.9 Å². The molecule has 0 unspecified atom stereocenters. The van der Waals surface area contributed by atoms with Gasteiger partial charge in [-0.1, -0.05) is 18.2 Å². The average molecular weight is 252 g/mol. The summed E-state index contributed by atoms with van der Waals surface area (Å²) in [5, 5.41) is 1.61. The van der Waals surface area contributed by atoms with Crippen molar-refractivity contribution in [1.29, 1.82) is 0 Å². The highest BCUT2D eigenvalue weighted by molar-refractivity contribution is 6.16. The maximum absolute atomic E-state index is 13.6. The number of carbonyl (C=O) groups excluding carboxylic acids is 1. The molecule has 0 amide bonds. The fourth-order valence-electron chi connectivity index (χ4n) is 2.02. The maximum atomic E-state index is 13.6. The van der Waals surface area contributed by atoms with Crippen molar-refractivity contribution in [3.8, 4) is 0 Å². The van der Waals surface area contributed by atoms with Gasteiger partial charge in [-0.2, -0.15) is 0 Å². The predicted molar refractivity (Wildman–Crippen MR) is 69.4 cm³/mol. The molecule has 2 heterocycles. The van der Waals surface area contributed by atoms with Gasteiger partial charge in [-0.25, -0.2) is 4.39 Å². The summed E-state index contributed by atoms with van der Waals surface area (Å²) in [6.07, 6.45) is 5.71. The zero-order chi connectivity index (χ0) is 13.2. The molecule has 0 spiro atoms. The number of rotatable bonds is 2. The molecule has 2 aromatic heterocycles. The van der Waals surface area contributed by atoms with Gasteiger partial charge in [-0.3, -0.25) is 14.8 Å². The summed E-state index contributed by atoms with van der Waals surface area (Å²) in [4.78, 5) is 20.0. The van der Waals surface area contributed by atoms with Crippen LogP contribution in [0.1, 0.15) is 15.9 Å². The Hall–Kier alpha value is -2.62.